The van der Waals surface area contributed by atoms with Crippen molar-refractivity contribution >= 4 is 12.1 Å². The van der Waals surface area contributed by atoms with E-state index in [1.165, 1.54) is 12.7 Å². The summed E-state index contributed by atoms with van der Waals surface area (Å²) in [5.74, 6) is 0.926. The number of nitrogens with zero attached hydrogens (tertiary/aromatic N) is 1. The van der Waals surface area contributed by atoms with Gasteiger partial charge in [-0.2, -0.15) is 5.10 Å². The van der Waals surface area contributed by atoms with Gasteiger partial charge in [-0.15, -0.1) is 0 Å². The van der Waals surface area contributed by atoms with Crippen molar-refractivity contribution in [1.29, 1.82) is 0 Å². The second-order valence-corrected chi connectivity index (χ2v) is 6.75. The molecule has 148 valence electrons. The first-order chi connectivity index (χ1) is 14.0. The minimum absolute atomic E-state index is 0.329. The van der Waals surface area contributed by atoms with Gasteiger partial charge in [-0.1, -0.05) is 48.0 Å². The number of carbonyl (C=O) groups is 1. The van der Waals surface area contributed by atoms with E-state index in [0.29, 0.717) is 17.9 Å². The van der Waals surface area contributed by atoms with Gasteiger partial charge in [0.05, 0.1) is 18.9 Å². The van der Waals surface area contributed by atoms with E-state index in [1.54, 1.807) is 12.3 Å². The van der Waals surface area contributed by atoms with Gasteiger partial charge in [0.2, 0.25) is 0 Å². The molecule has 0 radical (unpaired) electrons. The molecule has 0 aromatic heterocycles. The van der Waals surface area contributed by atoms with E-state index in [9.17, 15) is 4.79 Å². The third kappa shape index (κ3) is 5.69. The Morgan fingerprint density at radius 3 is 2.52 bits per heavy atom. The smallest absolute Gasteiger partial charge is 0.275 e. The molecule has 0 unspecified atom stereocenters. The lowest BCUT2D eigenvalue weighted by Crippen LogP contribution is -2.18. The van der Waals surface area contributed by atoms with Gasteiger partial charge >= 0.3 is 0 Å². The maximum atomic E-state index is 12.3. The van der Waals surface area contributed by atoms with Crippen LogP contribution in [0.3, 0.4) is 0 Å². The largest absolute Gasteiger partial charge is 0.496 e. The number of hydrogen-bond acceptors (Lipinski definition) is 4. The van der Waals surface area contributed by atoms with E-state index < -0.39 is 0 Å². The van der Waals surface area contributed by atoms with Gasteiger partial charge in [0.1, 0.15) is 18.1 Å². The number of amides is 1. The molecular formula is C24H24N2O3. The molecule has 0 aliphatic heterocycles. The van der Waals surface area contributed by atoms with Gasteiger partial charge in [0.15, 0.2) is 0 Å². The van der Waals surface area contributed by atoms with Crippen molar-refractivity contribution in [3.63, 3.8) is 0 Å². The standard InChI is InChI=1S/C24H24N2O3/c1-17-7-10-19(11-8-17)16-29-21-6-4-5-20(14-21)15-25-26-24(27)22-12-9-18(2)13-23(22)28-3/h4-15H,16H2,1-3H3,(H,26,27)/b25-15+. The first-order valence-corrected chi connectivity index (χ1v) is 9.31. The summed E-state index contributed by atoms with van der Waals surface area (Å²) in [5, 5.41) is 4.05. The Labute approximate surface area is 171 Å². The highest BCUT2D eigenvalue weighted by atomic mass is 16.5. The van der Waals surface area contributed by atoms with E-state index in [-0.39, 0.29) is 5.91 Å². The van der Waals surface area contributed by atoms with Crippen LogP contribution in [-0.2, 0) is 6.61 Å². The molecule has 0 fully saturated rings. The van der Waals surface area contributed by atoms with Gasteiger partial charge in [-0.05, 0) is 54.8 Å². The minimum Gasteiger partial charge on any atom is -0.496 e. The molecule has 0 atom stereocenters. The van der Waals surface area contributed by atoms with Crippen LogP contribution >= 0.6 is 0 Å². The van der Waals surface area contributed by atoms with Crippen LogP contribution in [0.4, 0.5) is 0 Å². The number of hydrogen-bond donors (Lipinski definition) is 1. The van der Waals surface area contributed by atoms with Crippen LogP contribution in [0.5, 0.6) is 11.5 Å². The zero-order valence-corrected chi connectivity index (χ0v) is 16.8. The summed E-state index contributed by atoms with van der Waals surface area (Å²) < 4.78 is 11.1. The second-order valence-electron chi connectivity index (χ2n) is 6.75. The maximum Gasteiger partial charge on any atom is 0.275 e. The number of benzene rings is 3. The third-order valence-corrected chi connectivity index (χ3v) is 4.37. The maximum absolute atomic E-state index is 12.3. The minimum atomic E-state index is -0.329. The van der Waals surface area contributed by atoms with Crippen LogP contribution in [-0.4, -0.2) is 19.2 Å². The molecule has 5 nitrogen and oxygen atoms in total. The zero-order valence-electron chi connectivity index (χ0n) is 16.8. The van der Waals surface area contributed by atoms with Crippen molar-refractivity contribution in [2.45, 2.75) is 20.5 Å². The highest BCUT2D eigenvalue weighted by molar-refractivity contribution is 5.97. The summed E-state index contributed by atoms with van der Waals surface area (Å²) in [5.41, 5.74) is 7.13. The van der Waals surface area contributed by atoms with E-state index in [0.717, 1.165) is 22.4 Å². The van der Waals surface area contributed by atoms with Crippen LogP contribution < -0.4 is 14.9 Å². The molecule has 0 heterocycles. The normalized spacial score (nSPS) is 10.7. The monoisotopic (exact) mass is 388 g/mol. The number of carbonyl (C=O) groups excluding carboxylic acids is 1. The molecule has 0 saturated carbocycles. The predicted octanol–water partition coefficient (Wildman–Crippen LogP) is 4.65. The highest BCUT2D eigenvalue weighted by Gasteiger charge is 2.11. The Hall–Kier alpha value is -3.60. The fraction of sp³-hybridized carbons (Fsp3) is 0.167. The number of ether oxygens (including phenoxy) is 2. The van der Waals surface area contributed by atoms with Crippen LogP contribution in [0, 0.1) is 13.8 Å². The summed E-state index contributed by atoms with van der Waals surface area (Å²) >= 11 is 0. The van der Waals surface area contributed by atoms with E-state index >= 15 is 0 Å². The predicted molar refractivity (Wildman–Crippen MR) is 115 cm³/mol. The topological polar surface area (TPSA) is 59.9 Å². The van der Waals surface area contributed by atoms with Crippen molar-refractivity contribution in [3.8, 4) is 11.5 Å². The van der Waals surface area contributed by atoms with Gasteiger partial charge in [0.25, 0.3) is 5.91 Å². The Morgan fingerprint density at radius 1 is 1.00 bits per heavy atom. The number of rotatable bonds is 7. The Morgan fingerprint density at radius 2 is 1.76 bits per heavy atom. The summed E-state index contributed by atoms with van der Waals surface area (Å²) in [6.07, 6.45) is 1.58. The average Bonchev–Trinajstić information content (AvgIpc) is 2.73. The van der Waals surface area contributed by atoms with Crippen molar-refractivity contribution < 1.29 is 14.3 Å². The molecule has 1 N–H and O–H groups in total. The Bertz CT molecular complexity index is 1010. The van der Waals surface area contributed by atoms with E-state index in [2.05, 4.69) is 41.7 Å². The SMILES string of the molecule is COc1cc(C)ccc1C(=O)N/N=C/c1cccc(OCc2ccc(C)cc2)c1. The molecule has 0 spiro atoms. The number of aryl methyl sites for hydroxylation is 2. The summed E-state index contributed by atoms with van der Waals surface area (Å²) in [4.78, 5) is 12.3. The summed E-state index contributed by atoms with van der Waals surface area (Å²) in [6.45, 7) is 4.49. The lowest BCUT2D eigenvalue weighted by atomic mass is 10.1. The lowest BCUT2D eigenvalue weighted by Gasteiger charge is -2.08. The first-order valence-electron chi connectivity index (χ1n) is 9.31. The van der Waals surface area contributed by atoms with Crippen LogP contribution in [0.2, 0.25) is 0 Å². The van der Waals surface area contributed by atoms with Gasteiger partial charge in [-0.3, -0.25) is 4.79 Å². The molecule has 3 aromatic rings. The molecular weight excluding hydrogens is 364 g/mol. The molecule has 3 aromatic carbocycles. The quantitative estimate of drug-likeness (QED) is 0.473. The molecule has 29 heavy (non-hydrogen) atoms. The molecule has 0 aliphatic carbocycles. The first kappa shape index (κ1) is 20.1. The third-order valence-electron chi connectivity index (χ3n) is 4.37. The van der Waals surface area contributed by atoms with Crippen molar-refractivity contribution in [2.24, 2.45) is 5.10 Å². The Kier molecular flexibility index (Phi) is 6.63. The molecule has 0 saturated heterocycles. The average molecular weight is 388 g/mol. The number of nitrogens with one attached hydrogen (secondary N) is 1. The second kappa shape index (κ2) is 9.55. The Balaban J connectivity index is 1.60. The van der Waals surface area contributed by atoms with E-state index in [4.69, 9.17) is 9.47 Å². The van der Waals surface area contributed by atoms with Gasteiger partial charge in [-0.25, -0.2) is 5.43 Å². The summed E-state index contributed by atoms with van der Waals surface area (Å²) in [6, 6.07) is 21.2. The fourth-order valence-electron chi connectivity index (χ4n) is 2.75. The van der Waals surface area contributed by atoms with Crippen molar-refractivity contribution in [3.05, 3.63) is 94.5 Å². The summed E-state index contributed by atoms with van der Waals surface area (Å²) in [7, 11) is 1.54. The van der Waals surface area contributed by atoms with Crippen LogP contribution in [0.25, 0.3) is 0 Å². The molecule has 0 aliphatic rings. The number of hydrazone groups is 1. The van der Waals surface area contributed by atoms with Crippen molar-refractivity contribution in [1.82, 2.24) is 5.43 Å². The lowest BCUT2D eigenvalue weighted by molar-refractivity contribution is 0.0952. The highest BCUT2D eigenvalue weighted by Crippen LogP contribution is 2.19. The van der Waals surface area contributed by atoms with Crippen LogP contribution in [0.1, 0.15) is 32.6 Å². The van der Waals surface area contributed by atoms with Crippen LogP contribution in [0.15, 0.2) is 71.8 Å². The molecule has 0 bridgehead atoms. The zero-order chi connectivity index (χ0) is 20.6. The van der Waals surface area contributed by atoms with Gasteiger partial charge in [0, 0.05) is 0 Å². The van der Waals surface area contributed by atoms with Gasteiger partial charge < -0.3 is 9.47 Å². The molecule has 5 heteroatoms. The molecule has 3 rings (SSSR count). The van der Waals surface area contributed by atoms with Crippen molar-refractivity contribution in [2.75, 3.05) is 7.11 Å². The molecule has 1 amide bonds. The fourth-order valence-corrected chi connectivity index (χ4v) is 2.75. The number of methoxy groups -OCH3 is 1. The van der Waals surface area contributed by atoms with E-state index in [1.807, 2.05) is 43.3 Å².